The molecule has 1 aromatic heterocycles. The zero-order valence-corrected chi connectivity index (χ0v) is 18.9. The minimum Gasteiger partial charge on any atom is -0.496 e. The lowest BCUT2D eigenvalue weighted by atomic mass is 10.0. The summed E-state index contributed by atoms with van der Waals surface area (Å²) in [7, 11) is 1.64. The molecule has 1 aromatic carbocycles. The molecule has 0 bridgehead atoms. The summed E-state index contributed by atoms with van der Waals surface area (Å²) in [6, 6.07) is 3.84. The molecule has 5 rings (SSSR count). The molecule has 0 saturated carbocycles. The van der Waals surface area contributed by atoms with Crippen LogP contribution in [0.1, 0.15) is 34.3 Å². The van der Waals surface area contributed by atoms with Gasteiger partial charge in [0.05, 0.1) is 7.11 Å². The van der Waals surface area contributed by atoms with E-state index >= 15 is 0 Å². The maximum Gasteiger partial charge on any atom is 0.255 e. The molecule has 3 aliphatic rings. The van der Waals surface area contributed by atoms with Gasteiger partial charge in [0, 0.05) is 80.5 Å². The Hall–Kier alpha value is -3.53. The number of aromatic nitrogens is 1. The Morgan fingerprint density at radius 2 is 1.97 bits per heavy atom. The van der Waals surface area contributed by atoms with E-state index in [0.29, 0.717) is 30.9 Å². The molecule has 10 heteroatoms. The Kier molecular flexibility index (Phi) is 5.91. The van der Waals surface area contributed by atoms with Crippen LogP contribution in [0, 0.1) is 5.82 Å². The molecule has 1 atom stereocenters. The number of pyridine rings is 1. The van der Waals surface area contributed by atoms with Gasteiger partial charge < -0.3 is 14.5 Å². The summed E-state index contributed by atoms with van der Waals surface area (Å²) in [5.41, 5.74) is 2.73. The molecule has 9 nitrogen and oxygen atoms in total. The number of imide groups is 1. The van der Waals surface area contributed by atoms with Crippen molar-refractivity contribution in [1.82, 2.24) is 20.1 Å². The number of carbonyl (C=O) groups excluding carboxylic acids is 3. The van der Waals surface area contributed by atoms with Gasteiger partial charge in [-0.15, -0.1) is 0 Å². The summed E-state index contributed by atoms with van der Waals surface area (Å²) in [4.78, 5) is 47.0. The molecule has 0 aliphatic carbocycles. The number of halogens is 1. The topological polar surface area (TPSA) is 95.1 Å². The van der Waals surface area contributed by atoms with Crippen LogP contribution >= 0.6 is 0 Å². The molecule has 1 N–H and O–H groups in total. The SMILES string of the molecule is COc1ccncc1CN1CCN(c2cc(F)cc3c2CN(C2CCC(=O)NC2=O)C3=O)CC1. The van der Waals surface area contributed by atoms with E-state index in [1.54, 1.807) is 19.5 Å². The van der Waals surface area contributed by atoms with Crippen molar-refractivity contribution in [3.05, 3.63) is 53.1 Å². The summed E-state index contributed by atoms with van der Waals surface area (Å²) >= 11 is 0. The lowest BCUT2D eigenvalue weighted by Crippen LogP contribution is -2.52. The van der Waals surface area contributed by atoms with Crippen LogP contribution in [-0.2, 0) is 22.7 Å². The van der Waals surface area contributed by atoms with Gasteiger partial charge in [-0.1, -0.05) is 0 Å². The first-order chi connectivity index (χ1) is 16.4. The van der Waals surface area contributed by atoms with E-state index < -0.39 is 17.8 Å². The van der Waals surface area contributed by atoms with E-state index in [0.717, 1.165) is 30.0 Å². The number of ether oxygens (including phenoxy) is 1. The molecule has 0 radical (unpaired) electrons. The fraction of sp³-hybridized carbons (Fsp3) is 0.417. The van der Waals surface area contributed by atoms with E-state index in [4.69, 9.17) is 4.74 Å². The number of piperidine rings is 1. The number of hydrogen-bond acceptors (Lipinski definition) is 7. The number of rotatable bonds is 5. The number of nitrogens with zero attached hydrogens (tertiary/aromatic N) is 4. The van der Waals surface area contributed by atoms with Crippen molar-refractivity contribution in [2.24, 2.45) is 0 Å². The summed E-state index contributed by atoms with van der Waals surface area (Å²) in [5, 5.41) is 2.30. The third-order valence-electron chi connectivity index (χ3n) is 6.78. The van der Waals surface area contributed by atoms with Crippen LogP contribution in [0.2, 0.25) is 0 Å². The van der Waals surface area contributed by atoms with Crippen LogP contribution in [0.4, 0.5) is 10.1 Å². The van der Waals surface area contributed by atoms with Crippen molar-refractivity contribution in [2.45, 2.75) is 32.0 Å². The van der Waals surface area contributed by atoms with Gasteiger partial charge >= 0.3 is 0 Å². The first-order valence-corrected chi connectivity index (χ1v) is 11.4. The van der Waals surface area contributed by atoms with Crippen molar-refractivity contribution >= 4 is 23.4 Å². The standard InChI is InChI=1S/C24H26FN5O4/c1-34-21-4-5-26-12-15(21)13-28-6-8-29(9-7-28)20-11-16(25)10-17-18(20)14-30(24(17)33)19-2-3-22(31)27-23(19)32/h4-5,10-12,19H,2-3,6-9,13-14H2,1H3,(H,27,31,32). The largest absolute Gasteiger partial charge is 0.496 e. The van der Waals surface area contributed by atoms with E-state index in [9.17, 15) is 18.8 Å². The first kappa shape index (κ1) is 22.3. The molecular weight excluding hydrogens is 441 g/mol. The first-order valence-electron chi connectivity index (χ1n) is 11.4. The highest BCUT2D eigenvalue weighted by Crippen LogP contribution is 2.35. The van der Waals surface area contributed by atoms with E-state index in [2.05, 4.69) is 20.1 Å². The predicted molar refractivity (Wildman–Crippen MR) is 121 cm³/mol. The Morgan fingerprint density at radius 1 is 1.18 bits per heavy atom. The van der Waals surface area contributed by atoms with Gasteiger partial charge in [-0.3, -0.25) is 29.6 Å². The van der Waals surface area contributed by atoms with Crippen molar-refractivity contribution in [2.75, 3.05) is 38.2 Å². The monoisotopic (exact) mass is 467 g/mol. The molecule has 0 spiro atoms. The Balaban J connectivity index is 1.31. The molecule has 2 fully saturated rings. The molecule has 3 amide bonds. The van der Waals surface area contributed by atoms with Crippen molar-refractivity contribution < 1.29 is 23.5 Å². The van der Waals surface area contributed by atoms with Gasteiger partial charge in [0.15, 0.2) is 0 Å². The lowest BCUT2D eigenvalue weighted by molar-refractivity contribution is -0.136. The molecule has 3 aliphatic heterocycles. The van der Waals surface area contributed by atoms with Crippen LogP contribution in [-0.4, -0.2) is 71.8 Å². The van der Waals surface area contributed by atoms with Gasteiger partial charge in [0.2, 0.25) is 11.8 Å². The molecule has 4 heterocycles. The molecule has 34 heavy (non-hydrogen) atoms. The number of amides is 3. The molecular formula is C24H26FN5O4. The van der Waals surface area contributed by atoms with Crippen LogP contribution in [0.3, 0.4) is 0 Å². The quantitative estimate of drug-likeness (QED) is 0.663. The molecule has 1 unspecified atom stereocenters. The fourth-order valence-corrected chi connectivity index (χ4v) is 5.01. The van der Waals surface area contributed by atoms with Crippen molar-refractivity contribution in [1.29, 1.82) is 0 Å². The number of anilines is 1. The molecule has 2 aromatic rings. The van der Waals surface area contributed by atoms with Gasteiger partial charge in [0.25, 0.3) is 5.91 Å². The van der Waals surface area contributed by atoms with Crippen LogP contribution in [0.5, 0.6) is 5.75 Å². The third kappa shape index (κ3) is 4.09. The third-order valence-corrected chi connectivity index (χ3v) is 6.78. The number of hydrogen-bond donors (Lipinski definition) is 1. The van der Waals surface area contributed by atoms with Gasteiger partial charge in [-0.25, -0.2) is 4.39 Å². The minimum absolute atomic E-state index is 0.182. The number of nitrogens with one attached hydrogen (secondary N) is 1. The van der Waals surface area contributed by atoms with Crippen molar-refractivity contribution in [3.8, 4) is 5.75 Å². The predicted octanol–water partition coefficient (Wildman–Crippen LogP) is 1.31. The summed E-state index contributed by atoms with van der Waals surface area (Å²) in [6.07, 6.45) is 3.96. The van der Waals surface area contributed by atoms with E-state index in [-0.39, 0.29) is 31.2 Å². The highest BCUT2D eigenvalue weighted by atomic mass is 19.1. The van der Waals surface area contributed by atoms with Crippen LogP contribution in [0.25, 0.3) is 0 Å². The van der Waals surface area contributed by atoms with E-state index in [1.165, 1.54) is 17.0 Å². The summed E-state index contributed by atoms with van der Waals surface area (Å²) < 4.78 is 20.0. The number of piperazine rings is 1. The van der Waals surface area contributed by atoms with Gasteiger partial charge in [-0.2, -0.15) is 0 Å². The van der Waals surface area contributed by atoms with Crippen LogP contribution in [0.15, 0.2) is 30.6 Å². The molecule has 178 valence electrons. The maximum absolute atomic E-state index is 14.5. The Bertz CT molecular complexity index is 1150. The zero-order chi connectivity index (χ0) is 23.8. The maximum atomic E-state index is 14.5. The second kappa shape index (κ2) is 9.02. The highest BCUT2D eigenvalue weighted by Gasteiger charge is 2.41. The average molecular weight is 468 g/mol. The fourth-order valence-electron chi connectivity index (χ4n) is 5.01. The number of fused-ring (bicyclic) bond motifs is 1. The number of benzene rings is 1. The average Bonchev–Trinajstić information content (AvgIpc) is 3.15. The van der Waals surface area contributed by atoms with Gasteiger partial charge in [0.1, 0.15) is 17.6 Å². The smallest absolute Gasteiger partial charge is 0.255 e. The van der Waals surface area contributed by atoms with E-state index in [1.807, 2.05) is 6.07 Å². The minimum atomic E-state index is -0.722. The van der Waals surface area contributed by atoms with Crippen molar-refractivity contribution in [3.63, 3.8) is 0 Å². The second-order valence-corrected chi connectivity index (χ2v) is 8.80. The number of carbonyl (C=O) groups is 3. The number of methoxy groups -OCH3 is 1. The summed E-state index contributed by atoms with van der Waals surface area (Å²) in [6.45, 7) is 3.79. The highest BCUT2D eigenvalue weighted by molar-refractivity contribution is 6.06. The normalized spacial score (nSPS) is 21.0. The molecule has 2 saturated heterocycles. The van der Waals surface area contributed by atoms with Gasteiger partial charge in [-0.05, 0) is 24.6 Å². The second-order valence-electron chi connectivity index (χ2n) is 8.80. The summed E-state index contributed by atoms with van der Waals surface area (Å²) in [5.74, 6) is -0.854. The Labute approximate surface area is 196 Å². The van der Waals surface area contributed by atoms with Crippen LogP contribution < -0.4 is 15.0 Å². The lowest BCUT2D eigenvalue weighted by Gasteiger charge is -2.37. The Morgan fingerprint density at radius 3 is 2.71 bits per heavy atom. The zero-order valence-electron chi connectivity index (χ0n) is 18.9.